The number of aromatic nitrogens is 2. The van der Waals surface area contributed by atoms with Crippen molar-refractivity contribution in [3.63, 3.8) is 0 Å². The number of hydrogen-bond acceptors (Lipinski definition) is 5. The van der Waals surface area contributed by atoms with Gasteiger partial charge in [-0.25, -0.2) is 9.97 Å². The molecule has 1 aromatic carbocycles. The van der Waals surface area contributed by atoms with Crippen LogP contribution < -0.4 is 10.6 Å². The highest BCUT2D eigenvalue weighted by Crippen LogP contribution is 2.19. The van der Waals surface area contributed by atoms with E-state index >= 15 is 0 Å². The SMILES string of the molecule is CNc1ncc(C(=O)N2CC[C@H](C(=O)NCCc3ccc(Cl)cc3)C2)cn1. The Morgan fingerprint density at radius 3 is 2.59 bits per heavy atom. The van der Waals surface area contributed by atoms with Crippen molar-refractivity contribution in [1.82, 2.24) is 20.2 Å². The summed E-state index contributed by atoms with van der Waals surface area (Å²) in [7, 11) is 1.72. The third-order valence-corrected chi connectivity index (χ3v) is 4.85. The maximum atomic E-state index is 12.5. The van der Waals surface area contributed by atoms with E-state index < -0.39 is 0 Å². The first-order chi connectivity index (χ1) is 13.1. The van der Waals surface area contributed by atoms with Crippen LogP contribution in [0.1, 0.15) is 22.3 Å². The minimum absolute atomic E-state index is 0.0129. The first-order valence-corrected chi connectivity index (χ1v) is 9.26. The molecule has 1 atom stereocenters. The highest BCUT2D eigenvalue weighted by Gasteiger charge is 2.31. The molecule has 142 valence electrons. The van der Waals surface area contributed by atoms with Gasteiger partial charge in [0, 0.05) is 44.1 Å². The molecule has 0 spiro atoms. The van der Waals surface area contributed by atoms with Gasteiger partial charge in [0.15, 0.2) is 0 Å². The molecule has 1 aromatic heterocycles. The predicted octanol–water partition coefficient (Wildman–Crippen LogP) is 1.99. The first kappa shape index (κ1) is 19.1. The number of amides is 2. The maximum absolute atomic E-state index is 12.5. The lowest BCUT2D eigenvalue weighted by molar-refractivity contribution is -0.124. The summed E-state index contributed by atoms with van der Waals surface area (Å²) in [5, 5.41) is 6.47. The second-order valence-corrected chi connectivity index (χ2v) is 6.89. The van der Waals surface area contributed by atoms with Crippen molar-refractivity contribution in [2.75, 3.05) is 32.0 Å². The maximum Gasteiger partial charge on any atom is 0.257 e. The Kier molecular flexibility index (Phi) is 6.24. The van der Waals surface area contributed by atoms with Gasteiger partial charge >= 0.3 is 0 Å². The number of nitrogens with zero attached hydrogens (tertiary/aromatic N) is 3. The van der Waals surface area contributed by atoms with Crippen molar-refractivity contribution >= 4 is 29.4 Å². The van der Waals surface area contributed by atoms with Crippen LogP contribution in [0.3, 0.4) is 0 Å². The molecule has 1 saturated heterocycles. The lowest BCUT2D eigenvalue weighted by Crippen LogP contribution is -2.35. The van der Waals surface area contributed by atoms with Crippen LogP contribution in [0, 0.1) is 5.92 Å². The van der Waals surface area contributed by atoms with E-state index in [1.807, 2.05) is 24.3 Å². The van der Waals surface area contributed by atoms with Crippen LogP contribution in [-0.4, -0.2) is 53.4 Å². The Morgan fingerprint density at radius 1 is 1.22 bits per heavy atom. The predicted molar refractivity (Wildman–Crippen MR) is 104 cm³/mol. The second-order valence-electron chi connectivity index (χ2n) is 6.45. The smallest absolute Gasteiger partial charge is 0.257 e. The minimum Gasteiger partial charge on any atom is -0.357 e. The molecule has 7 nitrogen and oxygen atoms in total. The van der Waals surface area contributed by atoms with Gasteiger partial charge in [-0.1, -0.05) is 23.7 Å². The lowest BCUT2D eigenvalue weighted by Gasteiger charge is -2.16. The van der Waals surface area contributed by atoms with Crippen LogP contribution >= 0.6 is 11.6 Å². The van der Waals surface area contributed by atoms with Crippen molar-refractivity contribution < 1.29 is 9.59 Å². The Labute approximate surface area is 163 Å². The average molecular weight is 388 g/mol. The molecule has 0 unspecified atom stereocenters. The Bertz CT molecular complexity index is 795. The number of benzene rings is 1. The summed E-state index contributed by atoms with van der Waals surface area (Å²) in [6.07, 6.45) is 4.41. The Balaban J connectivity index is 1.47. The molecular weight excluding hydrogens is 366 g/mol. The molecule has 3 rings (SSSR count). The van der Waals surface area contributed by atoms with Crippen LogP contribution in [0.5, 0.6) is 0 Å². The molecule has 2 aromatic rings. The molecule has 0 bridgehead atoms. The number of hydrogen-bond donors (Lipinski definition) is 2. The van der Waals surface area contributed by atoms with Gasteiger partial charge in [-0.05, 0) is 30.5 Å². The molecule has 2 amide bonds. The van der Waals surface area contributed by atoms with Crippen molar-refractivity contribution in [1.29, 1.82) is 0 Å². The molecule has 0 radical (unpaired) electrons. The van der Waals surface area contributed by atoms with Crippen LogP contribution in [-0.2, 0) is 11.2 Å². The summed E-state index contributed by atoms with van der Waals surface area (Å²) in [6, 6.07) is 7.58. The number of anilines is 1. The van der Waals surface area contributed by atoms with E-state index in [1.54, 1.807) is 11.9 Å². The molecule has 1 fully saturated rings. The number of likely N-dealkylation sites (tertiary alicyclic amines) is 1. The van der Waals surface area contributed by atoms with E-state index in [0.29, 0.717) is 42.6 Å². The van der Waals surface area contributed by atoms with Crippen LogP contribution in [0.4, 0.5) is 5.95 Å². The second kappa shape index (κ2) is 8.81. The summed E-state index contributed by atoms with van der Waals surface area (Å²) < 4.78 is 0. The quantitative estimate of drug-likeness (QED) is 0.791. The number of rotatable bonds is 6. The largest absolute Gasteiger partial charge is 0.357 e. The fourth-order valence-electron chi connectivity index (χ4n) is 3.03. The van der Waals surface area contributed by atoms with E-state index in [-0.39, 0.29) is 17.7 Å². The standard InChI is InChI=1S/C19H22ClN5O2/c1-21-19-23-10-15(11-24-19)18(27)25-9-7-14(12-25)17(26)22-8-6-13-2-4-16(20)5-3-13/h2-5,10-11,14H,6-9,12H2,1H3,(H,22,26)(H,21,23,24)/t14-/m0/s1. The highest BCUT2D eigenvalue weighted by molar-refractivity contribution is 6.30. The summed E-state index contributed by atoms with van der Waals surface area (Å²) >= 11 is 5.87. The molecular formula is C19H22ClN5O2. The fourth-order valence-corrected chi connectivity index (χ4v) is 3.16. The van der Waals surface area contributed by atoms with E-state index in [0.717, 1.165) is 12.0 Å². The number of nitrogens with one attached hydrogen (secondary N) is 2. The van der Waals surface area contributed by atoms with Crippen LogP contribution in [0.2, 0.25) is 5.02 Å². The minimum atomic E-state index is -0.184. The van der Waals surface area contributed by atoms with Gasteiger partial charge in [-0.2, -0.15) is 0 Å². The van der Waals surface area contributed by atoms with Crippen LogP contribution in [0.15, 0.2) is 36.7 Å². The monoisotopic (exact) mass is 387 g/mol. The highest BCUT2D eigenvalue weighted by atomic mass is 35.5. The zero-order valence-electron chi connectivity index (χ0n) is 15.1. The molecule has 0 aliphatic carbocycles. The molecule has 8 heteroatoms. The van der Waals surface area contributed by atoms with E-state index in [4.69, 9.17) is 11.6 Å². The van der Waals surface area contributed by atoms with E-state index in [9.17, 15) is 9.59 Å². The molecule has 2 N–H and O–H groups in total. The Hall–Kier alpha value is -2.67. The molecule has 2 heterocycles. The fraction of sp³-hybridized carbons (Fsp3) is 0.368. The topological polar surface area (TPSA) is 87.2 Å². The summed E-state index contributed by atoms with van der Waals surface area (Å²) in [4.78, 5) is 34.7. The van der Waals surface area contributed by atoms with Crippen molar-refractivity contribution in [3.8, 4) is 0 Å². The number of halogens is 1. The van der Waals surface area contributed by atoms with E-state index in [2.05, 4.69) is 20.6 Å². The van der Waals surface area contributed by atoms with E-state index in [1.165, 1.54) is 12.4 Å². The van der Waals surface area contributed by atoms with Gasteiger partial charge in [0.25, 0.3) is 5.91 Å². The molecule has 1 aliphatic rings. The van der Waals surface area contributed by atoms with Crippen molar-refractivity contribution in [2.45, 2.75) is 12.8 Å². The molecule has 0 saturated carbocycles. The average Bonchev–Trinajstić information content (AvgIpc) is 3.19. The first-order valence-electron chi connectivity index (χ1n) is 8.88. The molecule has 1 aliphatic heterocycles. The third-order valence-electron chi connectivity index (χ3n) is 4.59. The van der Waals surface area contributed by atoms with Gasteiger partial charge in [-0.15, -0.1) is 0 Å². The summed E-state index contributed by atoms with van der Waals surface area (Å²) in [5.74, 6) is 0.123. The molecule has 27 heavy (non-hydrogen) atoms. The number of carbonyl (C=O) groups is 2. The van der Waals surface area contributed by atoms with Gasteiger partial charge in [0.1, 0.15) is 0 Å². The van der Waals surface area contributed by atoms with Gasteiger partial charge in [0.05, 0.1) is 11.5 Å². The third kappa shape index (κ3) is 4.95. The number of carbonyl (C=O) groups excluding carboxylic acids is 2. The van der Waals surface area contributed by atoms with Crippen molar-refractivity contribution in [3.05, 3.63) is 52.8 Å². The zero-order chi connectivity index (χ0) is 19.2. The van der Waals surface area contributed by atoms with Crippen LogP contribution in [0.25, 0.3) is 0 Å². The summed E-state index contributed by atoms with van der Waals surface area (Å²) in [6.45, 7) is 1.53. The van der Waals surface area contributed by atoms with Gasteiger partial charge in [-0.3, -0.25) is 9.59 Å². The zero-order valence-corrected chi connectivity index (χ0v) is 15.9. The summed E-state index contributed by atoms with van der Waals surface area (Å²) in [5.41, 5.74) is 1.55. The van der Waals surface area contributed by atoms with Gasteiger partial charge in [0.2, 0.25) is 11.9 Å². The van der Waals surface area contributed by atoms with Crippen molar-refractivity contribution in [2.24, 2.45) is 5.92 Å². The van der Waals surface area contributed by atoms with Gasteiger partial charge < -0.3 is 15.5 Å². The normalized spacial score (nSPS) is 16.2. The Morgan fingerprint density at radius 2 is 1.93 bits per heavy atom. The lowest BCUT2D eigenvalue weighted by atomic mass is 10.1.